The van der Waals surface area contributed by atoms with Gasteiger partial charge in [-0.05, 0) is 74.9 Å². The number of hydrogen-bond acceptors (Lipinski definition) is 7. The number of carboxylic acids is 1. The molecule has 0 bridgehead atoms. The fraction of sp³-hybridized carbons (Fsp3) is 0.167. The van der Waals surface area contributed by atoms with Crippen molar-refractivity contribution in [3.63, 3.8) is 0 Å². The van der Waals surface area contributed by atoms with Gasteiger partial charge in [0.25, 0.3) is 0 Å². The molecule has 10 nitrogen and oxygen atoms in total. The molecule has 4 aromatic carbocycles. The summed E-state index contributed by atoms with van der Waals surface area (Å²) in [6, 6.07) is 22.5. The maximum absolute atomic E-state index is 12.3. The van der Waals surface area contributed by atoms with E-state index in [4.69, 9.17) is 4.74 Å². The van der Waals surface area contributed by atoms with Gasteiger partial charge in [-0.1, -0.05) is 42.3 Å². The molecule has 2 atom stereocenters. The Balaban J connectivity index is 1.71. The van der Waals surface area contributed by atoms with E-state index in [9.17, 15) is 27.4 Å². The Bertz CT molecular complexity index is 1610. The van der Waals surface area contributed by atoms with E-state index in [1.807, 2.05) is 32.9 Å². The molecule has 2 unspecified atom stereocenters. The highest BCUT2D eigenvalue weighted by molar-refractivity contribution is 7.81. The van der Waals surface area contributed by atoms with Gasteiger partial charge in [0.05, 0.1) is 56.5 Å². The summed E-state index contributed by atoms with van der Waals surface area (Å²) in [6.07, 6.45) is 0.775. The van der Waals surface area contributed by atoms with Crippen molar-refractivity contribution in [3.05, 3.63) is 102 Å². The van der Waals surface area contributed by atoms with Crippen LogP contribution in [0.15, 0.2) is 84.9 Å². The molecule has 0 spiro atoms. The van der Waals surface area contributed by atoms with Crippen molar-refractivity contribution in [3.8, 4) is 11.5 Å². The van der Waals surface area contributed by atoms with E-state index in [0.717, 1.165) is 21.9 Å². The van der Waals surface area contributed by atoms with Gasteiger partial charge in [0.15, 0.2) is 0 Å². The molecular weight excluding hydrogens is 578 g/mol. The van der Waals surface area contributed by atoms with Crippen LogP contribution in [0.25, 0.3) is 0 Å². The molecule has 42 heavy (non-hydrogen) atoms. The lowest BCUT2D eigenvalue weighted by Gasteiger charge is -2.29. The summed E-state index contributed by atoms with van der Waals surface area (Å²) in [5.74, 6) is -0.885. The summed E-state index contributed by atoms with van der Waals surface area (Å²) in [6.45, 7) is 6.29. The summed E-state index contributed by atoms with van der Waals surface area (Å²) in [5.41, 5.74) is 3.16. The molecule has 0 amide bonds. The number of anilines is 5. The standard InChI is InChI=1S/C30H31N3O7S2/c1-4-17-31-27-19-25(14-16-29(27)33(42(38)39)23-11-7-21(3)8-12-23)40-24-13-15-28(26(18-24)30(34)35)32(41(36)37)22-9-5-20(2)6-10-22/h5-16,18-19,31H,4,17H2,1-3H3,(H,34,35)(H,36,37)(H,38,39)/p-2. The molecule has 0 aliphatic carbocycles. The lowest BCUT2D eigenvalue weighted by Crippen LogP contribution is -2.22. The smallest absolute Gasteiger partial charge is 0.337 e. The van der Waals surface area contributed by atoms with Gasteiger partial charge >= 0.3 is 5.97 Å². The summed E-state index contributed by atoms with van der Waals surface area (Å²) in [5, 5.41) is 13.2. The Morgan fingerprint density at radius 2 is 1.26 bits per heavy atom. The quantitative estimate of drug-likeness (QED) is 0.174. The monoisotopic (exact) mass is 607 g/mol. The van der Waals surface area contributed by atoms with Gasteiger partial charge in [0.2, 0.25) is 0 Å². The van der Waals surface area contributed by atoms with Gasteiger partial charge in [0, 0.05) is 12.6 Å². The molecule has 0 saturated carbocycles. The first-order chi connectivity index (χ1) is 20.1. The Hall–Kier alpha value is -4.23. The van der Waals surface area contributed by atoms with Crippen LogP contribution >= 0.6 is 0 Å². The fourth-order valence-electron chi connectivity index (χ4n) is 4.19. The van der Waals surface area contributed by atoms with Crippen molar-refractivity contribution in [2.24, 2.45) is 0 Å². The van der Waals surface area contributed by atoms with Crippen LogP contribution in [0.4, 0.5) is 28.4 Å². The first kappa shape index (κ1) is 30.7. The summed E-state index contributed by atoms with van der Waals surface area (Å²) >= 11 is -5.43. The number of nitrogens with zero attached hydrogens (tertiary/aromatic N) is 2. The molecule has 2 N–H and O–H groups in total. The Kier molecular flexibility index (Phi) is 9.96. The summed E-state index contributed by atoms with van der Waals surface area (Å²) in [7, 11) is 0. The zero-order chi connectivity index (χ0) is 30.4. The van der Waals surface area contributed by atoms with Crippen molar-refractivity contribution in [2.75, 3.05) is 20.5 Å². The maximum atomic E-state index is 12.3. The third kappa shape index (κ3) is 7.15. The Labute approximate surface area is 249 Å². The normalized spacial score (nSPS) is 12.3. The van der Waals surface area contributed by atoms with Crippen LogP contribution in [0.2, 0.25) is 0 Å². The largest absolute Gasteiger partial charge is 0.755 e. The number of aromatic carboxylic acids is 1. The second-order valence-corrected chi connectivity index (χ2v) is 11.0. The van der Waals surface area contributed by atoms with Gasteiger partial charge in [-0.2, -0.15) is 0 Å². The number of carbonyl (C=O) groups is 1. The van der Waals surface area contributed by atoms with E-state index >= 15 is 0 Å². The predicted molar refractivity (Wildman–Crippen MR) is 163 cm³/mol. The second kappa shape index (κ2) is 13.6. The van der Waals surface area contributed by atoms with Crippen LogP contribution < -0.4 is 18.7 Å². The van der Waals surface area contributed by atoms with Crippen LogP contribution in [0.1, 0.15) is 34.8 Å². The van der Waals surface area contributed by atoms with Crippen LogP contribution in [-0.4, -0.2) is 35.1 Å². The highest BCUT2D eigenvalue weighted by Crippen LogP contribution is 2.38. The van der Waals surface area contributed by atoms with Gasteiger partial charge in [-0.15, -0.1) is 0 Å². The number of nitrogens with one attached hydrogen (secondary N) is 1. The predicted octanol–water partition coefficient (Wildman–Crippen LogP) is 6.48. The highest BCUT2D eigenvalue weighted by Gasteiger charge is 2.21. The van der Waals surface area contributed by atoms with Crippen LogP contribution in [0, 0.1) is 13.8 Å². The topological polar surface area (TPSA) is 145 Å². The lowest BCUT2D eigenvalue weighted by atomic mass is 10.1. The zero-order valence-corrected chi connectivity index (χ0v) is 24.7. The molecule has 4 rings (SSSR count). The van der Waals surface area contributed by atoms with Gasteiger partial charge in [-0.25, -0.2) is 4.79 Å². The van der Waals surface area contributed by atoms with E-state index in [1.165, 1.54) is 22.5 Å². The average molecular weight is 608 g/mol. The first-order valence-electron chi connectivity index (χ1n) is 12.9. The molecule has 12 heteroatoms. The number of aryl methyl sites for hydroxylation is 2. The molecule has 4 aromatic rings. The van der Waals surface area contributed by atoms with Gasteiger partial charge < -0.3 is 24.3 Å². The average Bonchev–Trinajstić information content (AvgIpc) is 2.95. The van der Waals surface area contributed by atoms with E-state index < -0.39 is 28.5 Å². The number of rotatable bonds is 12. The van der Waals surface area contributed by atoms with Crippen molar-refractivity contribution in [1.29, 1.82) is 0 Å². The zero-order valence-electron chi connectivity index (χ0n) is 23.1. The van der Waals surface area contributed by atoms with Crippen molar-refractivity contribution in [2.45, 2.75) is 27.2 Å². The van der Waals surface area contributed by atoms with E-state index in [0.29, 0.717) is 29.4 Å². The van der Waals surface area contributed by atoms with E-state index in [2.05, 4.69) is 5.32 Å². The lowest BCUT2D eigenvalue weighted by molar-refractivity contribution is 0.0697. The minimum absolute atomic E-state index is 0.0562. The third-order valence-electron chi connectivity index (χ3n) is 6.24. The summed E-state index contributed by atoms with van der Waals surface area (Å²) in [4.78, 5) is 12.2. The Morgan fingerprint density at radius 3 is 1.74 bits per heavy atom. The molecule has 0 aromatic heterocycles. The molecule has 0 aliphatic rings. The Morgan fingerprint density at radius 1 is 0.786 bits per heavy atom. The van der Waals surface area contributed by atoms with Crippen molar-refractivity contribution in [1.82, 2.24) is 0 Å². The molecule has 220 valence electrons. The van der Waals surface area contributed by atoms with Crippen molar-refractivity contribution >= 4 is 56.9 Å². The SMILES string of the molecule is CCCNc1cc(Oc2ccc(N(c3ccc(C)cc3)S(=O)[O-])c(C(=O)O)c2)ccc1N(c1ccc(C)cc1)S(=O)[O-]. The third-order valence-corrected chi connectivity index (χ3v) is 7.65. The number of carboxylic acid groups (broad SMARTS) is 1. The van der Waals surface area contributed by atoms with Gasteiger partial charge in [0.1, 0.15) is 11.5 Å². The second-order valence-electron chi connectivity index (χ2n) is 9.39. The molecule has 0 heterocycles. The highest BCUT2D eigenvalue weighted by atomic mass is 32.2. The number of benzene rings is 4. The molecule has 0 saturated heterocycles. The molecule has 0 radical (unpaired) electrons. The van der Waals surface area contributed by atoms with E-state index in [-0.39, 0.29) is 22.7 Å². The number of ether oxygens (including phenoxy) is 1. The first-order valence-corrected chi connectivity index (χ1v) is 15.0. The minimum Gasteiger partial charge on any atom is -0.755 e. The van der Waals surface area contributed by atoms with Crippen molar-refractivity contribution < 1.29 is 32.2 Å². The minimum atomic E-state index is -2.80. The molecular formula is C30H29N3O7S2-2. The number of hydrogen-bond donors (Lipinski definition) is 2. The maximum Gasteiger partial charge on any atom is 0.337 e. The summed E-state index contributed by atoms with van der Waals surface area (Å²) < 4.78 is 57.0. The molecule has 0 fully saturated rings. The van der Waals surface area contributed by atoms with Gasteiger partial charge in [-0.3, -0.25) is 17.0 Å². The van der Waals surface area contributed by atoms with Crippen LogP contribution in [0.3, 0.4) is 0 Å². The van der Waals surface area contributed by atoms with E-state index in [1.54, 1.807) is 54.6 Å². The van der Waals surface area contributed by atoms with Crippen LogP contribution in [0.5, 0.6) is 11.5 Å². The van der Waals surface area contributed by atoms with Crippen LogP contribution in [-0.2, 0) is 22.5 Å². The fourth-order valence-corrected chi connectivity index (χ4v) is 5.42. The molecule has 0 aliphatic heterocycles.